The number of hydrogen-bond donors (Lipinski definition) is 3. The Morgan fingerprint density at radius 3 is 2.46 bits per heavy atom. The van der Waals surface area contributed by atoms with Gasteiger partial charge in [-0.25, -0.2) is 4.79 Å². The third kappa shape index (κ3) is 1.89. The maximum Gasteiger partial charge on any atom is 0.407 e. The van der Waals surface area contributed by atoms with Gasteiger partial charge in [0.25, 0.3) is 0 Å². The highest BCUT2D eigenvalue weighted by molar-refractivity contribution is 5.80. The first-order valence-electron chi connectivity index (χ1n) is 3.96. The summed E-state index contributed by atoms with van der Waals surface area (Å²) in [6.07, 6.45) is -0.294. The molecule has 0 aromatic carbocycles. The van der Waals surface area contributed by atoms with Crippen LogP contribution in [0.4, 0.5) is 4.79 Å². The van der Waals surface area contributed by atoms with E-state index in [1.54, 1.807) is 0 Å². The molecular formula is C7H12N2O4. The molecule has 6 heteroatoms. The molecule has 1 atom stereocenters. The Hall–Kier alpha value is -1.30. The van der Waals surface area contributed by atoms with Gasteiger partial charge in [-0.1, -0.05) is 0 Å². The summed E-state index contributed by atoms with van der Waals surface area (Å²) in [5.41, 5.74) is 4.12. The van der Waals surface area contributed by atoms with Crippen molar-refractivity contribution < 1.29 is 19.8 Å². The Bertz CT molecular complexity index is 243. The van der Waals surface area contributed by atoms with E-state index in [-0.39, 0.29) is 6.54 Å². The second kappa shape index (κ2) is 3.21. The number of carboxylic acid groups (broad SMARTS) is 2. The number of carboxylic acids is 1. The van der Waals surface area contributed by atoms with E-state index in [4.69, 9.17) is 15.9 Å². The Kier molecular flexibility index (Phi) is 2.42. The molecule has 1 rings (SSSR count). The van der Waals surface area contributed by atoms with Crippen molar-refractivity contribution in [3.8, 4) is 0 Å². The van der Waals surface area contributed by atoms with Gasteiger partial charge in [-0.2, -0.15) is 0 Å². The molecule has 0 aromatic heterocycles. The molecule has 1 amide bonds. The first-order valence-corrected chi connectivity index (χ1v) is 3.96. The fraction of sp³-hybridized carbons (Fsp3) is 0.714. The molecule has 0 radical (unpaired) electrons. The highest BCUT2D eigenvalue weighted by atomic mass is 16.4. The minimum absolute atomic E-state index is 0.127. The van der Waals surface area contributed by atoms with Crippen molar-refractivity contribution in [1.82, 2.24) is 4.90 Å². The number of nitrogens with two attached hydrogens (primary N) is 1. The Morgan fingerprint density at radius 2 is 2.00 bits per heavy atom. The normalized spacial score (nSPS) is 28.5. The van der Waals surface area contributed by atoms with E-state index in [1.807, 2.05) is 0 Å². The lowest BCUT2D eigenvalue weighted by Crippen LogP contribution is -2.60. The smallest absolute Gasteiger partial charge is 0.407 e. The van der Waals surface area contributed by atoms with Crippen LogP contribution >= 0.6 is 0 Å². The molecule has 1 saturated heterocycles. The number of likely N-dealkylation sites (tertiary alicyclic amines) is 1. The topological polar surface area (TPSA) is 104 Å². The molecule has 0 aliphatic carbocycles. The summed E-state index contributed by atoms with van der Waals surface area (Å²) in [5.74, 6) is -1.14. The van der Waals surface area contributed by atoms with Gasteiger partial charge < -0.3 is 20.8 Å². The van der Waals surface area contributed by atoms with Crippen LogP contribution in [0.3, 0.4) is 0 Å². The van der Waals surface area contributed by atoms with Gasteiger partial charge >= 0.3 is 12.1 Å². The first-order chi connectivity index (χ1) is 5.96. The molecular weight excluding hydrogens is 176 g/mol. The van der Waals surface area contributed by atoms with E-state index in [9.17, 15) is 9.59 Å². The number of piperidine rings is 1. The Labute approximate surface area is 74.9 Å². The van der Waals surface area contributed by atoms with Crippen molar-refractivity contribution in [3.63, 3.8) is 0 Å². The largest absolute Gasteiger partial charge is 0.480 e. The average molecular weight is 188 g/mol. The number of rotatable bonds is 1. The first kappa shape index (κ1) is 9.79. The van der Waals surface area contributed by atoms with Crippen LogP contribution in [0.15, 0.2) is 0 Å². The van der Waals surface area contributed by atoms with Gasteiger partial charge in [0, 0.05) is 6.54 Å². The standard InChI is InChI=1S/C7H12N2O4/c8-7(5(10)11)2-1-3-9(4-7)6(12)13/h1-4,8H2,(H,10,11)(H,12,13). The van der Waals surface area contributed by atoms with Gasteiger partial charge in [0.15, 0.2) is 0 Å². The predicted molar refractivity (Wildman–Crippen MR) is 43.4 cm³/mol. The zero-order chi connectivity index (χ0) is 10.1. The lowest BCUT2D eigenvalue weighted by atomic mass is 9.90. The number of nitrogens with zero attached hydrogens (tertiary/aromatic N) is 1. The van der Waals surface area contributed by atoms with Gasteiger partial charge in [-0.15, -0.1) is 0 Å². The molecule has 4 N–H and O–H groups in total. The minimum Gasteiger partial charge on any atom is -0.480 e. The van der Waals surface area contributed by atoms with Crippen molar-refractivity contribution in [2.45, 2.75) is 18.4 Å². The van der Waals surface area contributed by atoms with E-state index < -0.39 is 17.6 Å². The Morgan fingerprint density at radius 1 is 1.38 bits per heavy atom. The van der Waals surface area contributed by atoms with Crippen LogP contribution in [0.5, 0.6) is 0 Å². The molecule has 0 bridgehead atoms. The van der Waals surface area contributed by atoms with Crippen LogP contribution in [-0.2, 0) is 4.79 Å². The molecule has 0 saturated carbocycles. The SMILES string of the molecule is NC1(C(=O)O)CCCN(C(=O)O)C1. The third-order valence-corrected chi connectivity index (χ3v) is 2.22. The summed E-state index contributed by atoms with van der Waals surface area (Å²) in [6.45, 7) is 0.235. The fourth-order valence-corrected chi connectivity index (χ4v) is 1.42. The maximum absolute atomic E-state index is 10.7. The third-order valence-electron chi connectivity index (χ3n) is 2.22. The molecule has 1 aliphatic heterocycles. The van der Waals surface area contributed by atoms with Crippen molar-refractivity contribution in [1.29, 1.82) is 0 Å². The lowest BCUT2D eigenvalue weighted by molar-refractivity contribution is -0.145. The second-order valence-corrected chi connectivity index (χ2v) is 3.27. The summed E-state index contributed by atoms with van der Waals surface area (Å²) in [6, 6.07) is 0. The molecule has 74 valence electrons. The lowest BCUT2D eigenvalue weighted by Gasteiger charge is -2.35. The van der Waals surface area contributed by atoms with Crippen molar-refractivity contribution in [3.05, 3.63) is 0 Å². The molecule has 6 nitrogen and oxygen atoms in total. The van der Waals surface area contributed by atoms with Crippen molar-refractivity contribution in [2.24, 2.45) is 5.73 Å². The molecule has 1 heterocycles. The molecule has 1 fully saturated rings. The van der Waals surface area contributed by atoms with Gasteiger partial charge in [0.05, 0.1) is 6.54 Å². The highest BCUT2D eigenvalue weighted by Gasteiger charge is 2.40. The van der Waals surface area contributed by atoms with E-state index in [0.29, 0.717) is 19.4 Å². The summed E-state index contributed by atoms with van der Waals surface area (Å²) in [7, 11) is 0. The monoisotopic (exact) mass is 188 g/mol. The predicted octanol–water partition coefficient (Wildman–Crippen LogP) is -0.458. The number of carbonyl (C=O) groups is 2. The molecule has 0 aromatic rings. The van der Waals surface area contributed by atoms with Gasteiger partial charge in [0.2, 0.25) is 0 Å². The molecule has 13 heavy (non-hydrogen) atoms. The van der Waals surface area contributed by atoms with Crippen molar-refractivity contribution in [2.75, 3.05) is 13.1 Å². The fourth-order valence-electron chi connectivity index (χ4n) is 1.42. The van der Waals surface area contributed by atoms with Crippen LogP contribution in [0.1, 0.15) is 12.8 Å². The van der Waals surface area contributed by atoms with Gasteiger partial charge in [-0.05, 0) is 12.8 Å². The summed E-state index contributed by atoms with van der Waals surface area (Å²) >= 11 is 0. The molecule has 1 aliphatic rings. The van der Waals surface area contributed by atoms with E-state index in [2.05, 4.69) is 0 Å². The summed E-state index contributed by atoms with van der Waals surface area (Å²) in [4.78, 5) is 22.3. The zero-order valence-electron chi connectivity index (χ0n) is 7.06. The quantitative estimate of drug-likeness (QED) is 0.516. The molecule has 0 spiro atoms. The van der Waals surface area contributed by atoms with E-state index in [0.717, 1.165) is 4.90 Å². The van der Waals surface area contributed by atoms with E-state index in [1.165, 1.54) is 0 Å². The van der Waals surface area contributed by atoms with Gasteiger partial charge in [0.1, 0.15) is 5.54 Å². The van der Waals surface area contributed by atoms with Crippen LogP contribution in [0.2, 0.25) is 0 Å². The van der Waals surface area contributed by atoms with E-state index >= 15 is 0 Å². The highest BCUT2D eigenvalue weighted by Crippen LogP contribution is 2.18. The van der Waals surface area contributed by atoms with Gasteiger partial charge in [-0.3, -0.25) is 4.79 Å². The minimum atomic E-state index is -1.41. The Balaban J connectivity index is 2.71. The number of hydrogen-bond acceptors (Lipinski definition) is 3. The van der Waals surface area contributed by atoms with Crippen LogP contribution in [0, 0.1) is 0 Å². The average Bonchev–Trinajstić information content (AvgIpc) is 2.04. The van der Waals surface area contributed by atoms with Crippen LogP contribution in [0.25, 0.3) is 0 Å². The summed E-state index contributed by atoms with van der Waals surface area (Å²) < 4.78 is 0. The summed E-state index contributed by atoms with van der Waals surface area (Å²) in [5, 5.41) is 17.4. The number of amides is 1. The maximum atomic E-state index is 10.7. The molecule has 1 unspecified atom stereocenters. The van der Waals surface area contributed by atoms with Crippen LogP contribution in [-0.4, -0.2) is 45.8 Å². The zero-order valence-corrected chi connectivity index (χ0v) is 7.06. The van der Waals surface area contributed by atoms with Crippen LogP contribution < -0.4 is 5.73 Å². The second-order valence-electron chi connectivity index (χ2n) is 3.27. The number of aliphatic carboxylic acids is 1. The van der Waals surface area contributed by atoms with Crippen molar-refractivity contribution >= 4 is 12.1 Å².